The third-order valence-corrected chi connectivity index (χ3v) is 3.96. The summed E-state index contributed by atoms with van der Waals surface area (Å²) in [6.07, 6.45) is 0. The zero-order valence-corrected chi connectivity index (χ0v) is 13.5. The van der Waals surface area contributed by atoms with Crippen LogP contribution in [0.15, 0.2) is 22.7 Å². The maximum Gasteiger partial charge on any atom is 0.243 e. The van der Waals surface area contributed by atoms with Crippen molar-refractivity contribution in [3.8, 4) is 0 Å². The second-order valence-electron chi connectivity index (χ2n) is 4.88. The zero-order valence-electron chi connectivity index (χ0n) is 11.9. The van der Waals surface area contributed by atoms with Gasteiger partial charge in [-0.1, -0.05) is 22.9 Å². The van der Waals surface area contributed by atoms with E-state index in [0.717, 1.165) is 10.0 Å². The van der Waals surface area contributed by atoms with Crippen molar-refractivity contribution < 1.29 is 9.59 Å². The Morgan fingerprint density at radius 1 is 1.35 bits per heavy atom. The summed E-state index contributed by atoms with van der Waals surface area (Å²) >= 11 is 3.39. The van der Waals surface area contributed by atoms with E-state index in [1.807, 2.05) is 19.1 Å². The normalized spacial score (nSPS) is 13.4. The van der Waals surface area contributed by atoms with Crippen molar-refractivity contribution in [2.24, 2.45) is 11.7 Å². The van der Waals surface area contributed by atoms with Gasteiger partial charge in [0.25, 0.3) is 0 Å². The van der Waals surface area contributed by atoms with E-state index >= 15 is 0 Å². The summed E-state index contributed by atoms with van der Waals surface area (Å²) in [6.45, 7) is 5.36. The molecule has 0 radical (unpaired) electrons. The van der Waals surface area contributed by atoms with E-state index in [1.54, 1.807) is 19.9 Å². The van der Waals surface area contributed by atoms with Crippen molar-refractivity contribution in [1.29, 1.82) is 0 Å². The highest BCUT2D eigenvalue weighted by Crippen LogP contribution is 2.19. The van der Waals surface area contributed by atoms with Crippen molar-refractivity contribution in [2.45, 2.75) is 26.8 Å². The first-order valence-electron chi connectivity index (χ1n) is 6.40. The molecule has 0 spiro atoms. The standard InChI is InChI=1S/C14H20BrN3O2/c1-8-6-11(4-5-12(8)15)18-13(19)7-17-14(20)9(2)10(3)16/h4-6,9-10H,7,16H2,1-3H3,(H,17,20)(H,18,19). The molecule has 110 valence electrons. The Kier molecular flexibility index (Phi) is 6.16. The van der Waals surface area contributed by atoms with Gasteiger partial charge in [0.1, 0.15) is 0 Å². The van der Waals surface area contributed by atoms with E-state index in [2.05, 4.69) is 26.6 Å². The molecule has 1 rings (SSSR count). The molecular weight excluding hydrogens is 322 g/mol. The topological polar surface area (TPSA) is 84.2 Å². The van der Waals surface area contributed by atoms with Crippen LogP contribution in [0.4, 0.5) is 5.69 Å². The second kappa shape index (κ2) is 7.40. The average molecular weight is 342 g/mol. The van der Waals surface area contributed by atoms with Gasteiger partial charge in [-0.25, -0.2) is 0 Å². The molecule has 0 heterocycles. The fraction of sp³-hybridized carbons (Fsp3) is 0.429. The first kappa shape index (κ1) is 16.7. The van der Waals surface area contributed by atoms with Crippen molar-refractivity contribution in [2.75, 3.05) is 11.9 Å². The number of nitrogens with one attached hydrogen (secondary N) is 2. The number of benzene rings is 1. The van der Waals surface area contributed by atoms with Gasteiger partial charge in [-0.2, -0.15) is 0 Å². The average Bonchev–Trinajstić information content (AvgIpc) is 2.39. The van der Waals surface area contributed by atoms with Crippen LogP contribution in [0.2, 0.25) is 0 Å². The lowest BCUT2D eigenvalue weighted by molar-refractivity contribution is -0.127. The van der Waals surface area contributed by atoms with Crippen molar-refractivity contribution >= 4 is 33.4 Å². The highest BCUT2D eigenvalue weighted by Gasteiger charge is 2.17. The number of amides is 2. The molecule has 20 heavy (non-hydrogen) atoms. The Morgan fingerprint density at radius 2 is 2.00 bits per heavy atom. The number of halogens is 1. The molecule has 1 aromatic rings. The summed E-state index contributed by atoms with van der Waals surface area (Å²) in [4.78, 5) is 23.4. The Balaban J connectivity index is 2.48. The Hall–Kier alpha value is -1.40. The van der Waals surface area contributed by atoms with Crippen LogP contribution in [0.25, 0.3) is 0 Å². The highest BCUT2D eigenvalue weighted by atomic mass is 79.9. The molecule has 2 amide bonds. The van der Waals surface area contributed by atoms with E-state index in [0.29, 0.717) is 5.69 Å². The molecule has 5 nitrogen and oxygen atoms in total. The van der Waals surface area contributed by atoms with Gasteiger partial charge in [0.05, 0.1) is 6.54 Å². The van der Waals surface area contributed by atoms with Gasteiger partial charge in [-0.3, -0.25) is 9.59 Å². The Bertz CT molecular complexity index is 503. The molecule has 0 fully saturated rings. The van der Waals surface area contributed by atoms with Gasteiger partial charge in [0.15, 0.2) is 0 Å². The van der Waals surface area contributed by atoms with E-state index in [1.165, 1.54) is 0 Å². The second-order valence-corrected chi connectivity index (χ2v) is 5.73. The lowest BCUT2D eigenvalue weighted by Crippen LogP contribution is -2.41. The minimum atomic E-state index is -0.322. The van der Waals surface area contributed by atoms with Crippen molar-refractivity contribution in [1.82, 2.24) is 5.32 Å². The van der Waals surface area contributed by atoms with Crippen LogP contribution in [-0.4, -0.2) is 24.4 Å². The number of carbonyl (C=O) groups excluding carboxylic acids is 2. The summed E-state index contributed by atoms with van der Waals surface area (Å²) < 4.78 is 0.981. The minimum Gasteiger partial charge on any atom is -0.347 e. The van der Waals surface area contributed by atoms with Crippen molar-refractivity contribution in [3.05, 3.63) is 28.2 Å². The fourth-order valence-electron chi connectivity index (χ4n) is 1.49. The van der Waals surface area contributed by atoms with Crippen LogP contribution in [0.1, 0.15) is 19.4 Å². The summed E-state index contributed by atoms with van der Waals surface area (Å²) in [7, 11) is 0. The molecular formula is C14H20BrN3O2. The van der Waals surface area contributed by atoms with Gasteiger partial charge in [-0.15, -0.1) is 0 Å². The first-order valence-corrected chi connectivity index (χ1v) is 7.20. The van der Waals surface area contributed by atoms with Crippen LogP contribution in [-0.2, 0) is 9.59 Å². The predicted molar refractivity (Wildman–Crippen MR) is 83.3 cm³/mol. The quantitative estimate of drug-likeness (QED) is 0.763. The highest BCUT2D eigenvalue weighted by molar-refractivity contribution is 9.10. The van der Waals surface area contributed by atoms with Gasteiger partial charge in [0.2, 0.25) is 11.8 Å². The van der Waals surface area contributed by atoms with E-state index < -0.39 is 0 Å². The molecule has 2 unspecified atom stereocenters. The van der Waals surface area contributed by atoms with Crippen molar-refractivity contribution in [3.63, 3.8) is 0 Å². The van der Waals surface area contributed by atoms with Crippen LogP contribution in [0, 0.1) is 12.8 Å². The van der Waals surface area contributed by atoms with Gasteiger partial charge in [0, 0.05) is 22.1 Å². The molecule has 0 bridgehead atoms. The molecule has 1 aromatic carbocycles. The van der Waals surface area contributed by atoms with Crippen LogP contribution in [0.3, 0.4) is 0 Å². The third-order valence-electron chi connectivity index (χ3n) is 3.07. The number of hydrogen-bond acceptors (Lipinski definition) is 3. The monoisotopic (exact) mass is 341 g/mol. The SMILES string of the molecule is Cc1cc(NC(=O)CNC(=O)C(C)C(C)N)ccc1Br. The fourth-order valence-corrected chi connectivity index (χ4v) is 1.74. The zero-order chi connectivity index (χ0) is 15.3. The molecule has 0 aliphatic carbocycles. The number of aryl methyl sites for hydroxylation is 1. The molecule has 0 saturated heterocycles. The van der Waals surface area contributed by atoms with E-state index in [-0.39, 0.29) is 30.3 Å². The summed E-state index contributed by atoms with van der Waals surface area (Å²) in [5.41, 5.74) is 7.36. The number of rotatable bonds is 5. The van der Waals surface area contributed by atoms with Gasteiger partial charge >= 0.3 is 0 Å². The molecule has 0 saturated carbocycles. The summed E-state index contributed by atoms with van der Waals surface area (Å²) in [6, 6.07) is 5.27. The Morgan fingerprint density at radius 3 is 2.55 bits per heavy atom. The number of hydrogen-bond donors (Lipinski definition) is 3. The molecule has 0 aliphatic rings. The number of anilines is 1. The predicted octanol–water partition coefficient (Wildman–Crippen LogP) is 1.80. The maximum atomic E-state index is 11.7. The van der Waals surface area contributed by atoms with Gasteiger partial charge in [-0.05, 0) is 37.6 Å². The molecule has 4 N–H and O–H groups in total. The third kappa shape index (κ3) is 4.94. The number of carbonyl (C=O) groups is 2. The molecule has 6 heteroatoms. The smallest absolute Gasteiger partial charge is 0.243 e. The lowest BCUT2D eigenvalue weighted by Gasteiger charge is -2.15. The maximum absolute atomic E-state index is 11.7. The number of nitrogens with two attached hydrogens (primary N) is 1. The molecule has 0 aromatic heterocycles. The summed E-state index contributed by atoms with van der Waals surface area (Å²) in [5, 5.41) is 5.30. The largest absolute Gasteiger partial charge is 0.347 e. The minimum absolute atomic E-state index is 0.0645. The lowest BCUT2D eigenvalue weighted by atomic mass is 10.0. The molecule has 0 aliphatic heterocycles. The first-order chi connectivity index (χ1) is 9.31. The van der Waals surface area contributed by atoms with Crippen LogP contribution < -0.4 is 16.4 Å². The van der Waals surface area contributed by atoms with Crippen LogP contribution in [0.5, 0.6) is 0 Å². The molecule has 2 atom stereocenters. The van der Waals surface area contributed by atoms with E-state index in [9.17, 15) is 9.59 Å². The summed E-state index contributed by atoms with van der Waals surface area (Å²) in [5.74, 6) is -0.809. The van der Waals surface area contributed by atoms with E-state index in [4.69, 9.17) is 5.73 Å². The van der Waals surface area contributed by atoms with Gasteiger partial charge < -0.3 is 16.4 Å². The van der Waals surface area contributed by atoms with Crippen LogP contribution >= 0.6 is 15.9 Å². The Labute approximate surface area is 127 Å².